The minimum Gasteiger partial charge on any atom is -0.303 e. The van der Waals surface area contributed by atoms with Crippen molar-refractivity contribution < 1.29 is 9.59 Å². The topological polar surface area (TPSA) is 49.4 Å². The van der Waals surface area contributed by atoms with E-state index >= 15 is 0 Å². The number of nitrogens with zero attached hydrogens (tertiary/aromatic N) is 1. The molecule has 21 heavy (non-hydrogen) atoms. The Kier molecular flexibility index (Phi) is 4.63. The highest BCUT2D eigenvalue weighted by Crippen LogP contribution is 2.29. The van der Waals surface area contributed by atoms with Gasteiger partial charge in [-0.1, -0.05) is 32.6 Å². The summed E-state index contributed by atoms with van der Waals surface area (Å²) in [5, 5.41) is 3.50. The third-order valence-corrected chi connectivity index (χ3v) is 5.57. The summed E-state index contributed by atoms with van der Waals surface area (Å²) in [4.78, 5) is 26.4. The molecule has 2 aliphatic carbocycles. The molecule has 4 heteroatoms. The Bertz CT molecular complexity index is 404. The lowest BCUT2D eigenvalue weighted by atomic mass is 10.0. The molecule has 1 saturated heterocycles. The molecule has 1 heterocycles. The van der Waals surface area contributed by atoms with Gasteiger partial charge in [-0.15, -0.1) is 0 Å². The normalized spacial score (nSPS) is 35.5. The molecule has 1 N–H and O–H groups in total. The van der Waals surface area contributed by atoms with E-state index < -0.39 is 0 Å². The predicted molar refractivity (Wildman–Crippen MR) is 81.7 cm³/mol. The Labute approximate surface area is 127 Å². The van der Waals surface area contributed by atoms with Crippen molar-refractivity contribution in [1.29, 1.82) is 0 Å². The van der Waals surface area contributed by atoms with E-state index in [1.807, 2.05) is 0 Å². The number of imide groups is 1. The van der Waals surface area contributed by atoms with Crippen LogP contribution < -0.4 is 5.32 Å². The summed E-state index contributed by atoms with van der Waals surface area (Å²) >= 11 is 0. The van der Waals surface area contributed by atoms with Gasteiger partial charge < -0.3 is 5.32 Å². The first-order chi connectivity index (χ1) is 10.1. The molecule has 3 aliphatic rings. The van der Waals surface area contributed by atoms with Crippen molar-refractivity contribution in [3.63, 3.8) is 0 Å². The SMILES string of the molecule is CC1CCCC(NC2CC(=O)N(C3CCCC3)C2=O)CC1. The maximum Gasteiger partial charge on any atom is 0.247 e. The van der Waals surface area contributed by atoms with Crippen LogP contribution in [0.4, 0.5) is 0 Å². The molecule has 4 nitrogen and oxygen atoms in total. The van der Waals surface area contributed by atoms with E-state index in [0.717, 1.165) is 44.4 Å². The van der Waals surface area contributed by atoms with Crippen molar-refractivity contribution in [1.82, 2.24) is 10.2 Å². The molecule has 118 valence electrons. The number of amides is 2. The Hall–Kier alpha value is -0.900. The molecule has 0 bridgehead atoms. The molecule has 2 amide bonds. The van der Waals surface area contributed by atoms with E-state index in [9.17, 15) is 9.59 Å². The van der Waals surface area contributed by atoms with Gasteiger partial charge >= 0.3 is 0 Å². The van der Waals surface area contributed by atoms with E-state index in [1.165, 1.54) is 19.3 Å². The van der Waals surface area contributed by atoms with E-state index in [1.54, 1.807) is 4.90 Å². The lowest BCUT2D eigenvalue weighted by molar-refractivity contribution is -0.141. The Morgan fingerprint density at radius 2 is 1.71 bits per heavy atom. The second-order valence-electron chi connectivity index (χ2n) is 7.27. The number of rotatable bonds is 3. The number of carbonyl (C=O) groups is 2. The fourth-order valence-corrected chi connectivity index (χ4v) is 4.27. The maximum atomic E-state index is 12.6. The summed E-state index contributed by atoms with van der Waals surface area (Å²) in [6.07, 6.45) is 10.7. The third kappa shape index (κ3) is 3.31. The highest BCUT2D eigenvalue weighted by molar-refractivity contribution is 6.05. The molecule has 0 aromatic carbocycles. The maximum absolute atomic E-state index is 12.6. The third-order valence-electron chi connectivity index (χ3n) is 5.57. The van der Waals surface area contributed by atoms with Gasteiger partial charge in [0.25, 0.3) is 0 Å². The first-order valence-corrected chi connectivity index (χ1v) is 8.77. The van der Waals surface area contributed by atoms with Crippen molar-refractivity contribution in [3.8, 4) is 0 Å². The van der Waals surface area contributed by atoms with E-state index in [4.69, 9.17) is 0 Å². The van der Waals surface area contributed by atoms with Crippen molar-refractivity contribution in [3.05, 3.63) is 0 Å². The predicted octanol–water partition coefficient (Wildman–Crippen LogP) is 2.61. The van der Waals surface area contributed by atoms with E-state index in [-0.39, 0.29) is 23.9 Å². The highest BCUT2D eigenvalue weighted by Gasteiger charge is 2.43. The van der Waals surface area contributed by atoms with Crippen LogP contribution in [-0.2, 0) is 9.59 Å². The smallest absolute Gasteiger partial charge is 0.247 e. The van der Waals surface area contributed by atoms with Gasteiger partial charge in [-0.05, 0) is 38.0 Å². The summed E-state index contributed by atoms with van der Waals surface area (Å²) < 4.78 is 0. The molecular weight excluding hydrogens is 264 g/mol. The van der Waals surface area contributed by atoms with Crippen LogP contribution in [0.25, 0.3) is 0 Å². The molecule has 1 aliphatic heterocycles. The second-order valence-corrected chi connectivity index (χ2v) is 7.27. The lowest BCUT2D eigenvalue weighted by Gasteiger charge is -2.24. The van der Waals surface area contributed by atoms with E-state index in [0.29, 0.717) is 12.5 Å². The Morgan fingerprint density at radius 1 is 0.952 bits per heavy atom. The fourth-order valence-electron chi connectivity index (χ4n) is 4.27. The molecule has 0 spiro atoms. The molecule has 3 fully saturated rings. The first-order valence-electron chi connectivity index (χ1n) is 8.77. The van der Waals surface area contributed by atoms with Crippen molar-refractivity contribution in [2.45, 2.75) is 89.3 Å². The lowest BCUT2D eigenvalue weighted by Crippen LogP contribution is -2.46. The quantitative estimate of drug-likeness (QED) is 0.642. The zero-order valence-electron chi connectivity index (χ0n) is 13.1. The van der Waals surface area contributed by atoms with Crippen LogP contribution in [0.2, 0.25) is 0 Å². The summed E-state index contributed by atoms with van der Waals surface area (Å²) in [6, 6.07) is 0.350. The minimum absolute atomic E-state index is 0.0456. The molecule has 3 unspecified atom stereocenters. The molecule has 3 rings (SSSR count). The number of hydrogen-bond donors (Lipinski definition) is 1. The number of likely N-dealkylation sites (tertiary alicyclic amines) is 1. The van der Waals surface area contributed by atoms with Crippen LogP contribution in [0.15, 0.2) is 0 Å². The van der Waals surface area contributed by atoms with Crippen molar-refractivity contribution in [2.24, 2.45) is 5.92 Å². The van der Waals surface area contributed by atoms with Crippen LogP contribution in [0.1, 0.15) is 71.1 Å². The minimum atomic E-state index is -0.253. The van der Waals surface area contributed by atoms with Gasteiger partial charge in [0.15, 0.2) is 0 Å². The summed E-state index contributed by atoms with van der Waals surface area (Å²) in [5.74, 6) is 0.892. The number of nitrogens with one attached hydrogen (secondary N) is 1. The van der Waals surface area contributed by atoms with Crippen LogP contribution >= 0.6 is 0 Å². The van der Waals surface area contributed by atoms with Gasteiger partial charge in [0.2, 0.25) is 11.8 Å². The van der Waals surface area contributed by atoms with Gasteiger partial charge in [0.1, 0.15) is 0 Å². The molecular formula is C17H28N2O2. The van der Waals surface area contributed by atoms with Crippen LogP contribution in [-0.4, -0.2) is 34.8 Å². The summed E-state index contributed by atoms with van der Waals surface area (Å²) in [5.41, 5.74) is 0. The molecule has 0 aromatic rings. The average molecular weight is 292 g/mol. The molecule has 3 atom stereocenters. The second kappa shape index (κ2) is 6.47. The molecule has 0 aromatic heterocycles. The van der Waals surface area contributed by atoms with Crippen LogP contribution in [0.5, 0.6) is 0 Å². The first kappa shape index (κ1) is 15.0. The van der Waals surface area contributed by atoms with Crippen molar-refractivity contribution >= 4 is 11.8 Å². The Balaban J connectivity index is 1.59. The highest BCUT2D eigenvalue weighted by atomic mass is 16.2. The molecule has 0 radical (unpaired) electrons. The standard InChI is InChI=1S/C17H28N2O2/c1-12-5-4-6-13(10-9-12)18-15-11-16(20)19(17(15)21)14-7-2-3-8-14/h12-15,18H,2-11H2,1H3. The zero-order chi connectivity index (χ0) is 14.8. The van der Waals surface area contributed by atoms with E-state index in [2.05, 4.69) is 12.2 Å². The summed E-state index contributed by atoms with van der Waals surface area (Å²) in [7, 11) is 0. The van der Waals surface area contributed by atoms with Gasteiger partial charge in [-0.25, -0.2) is 0 Å². The van der Waals surface area contributed by atoms with Gasteiger partial charge in [-0.2, -0.15) is 0 Å². The number of carbonyl (C=O) groups excluding carboxylic acids is 2. The largest absolute Gasteiger partial charge is 0.303 e. The fraction of sp³-hybridized carbons (Fsp3) is 0.882. The van der Waals surface area contributed by atoms with Gasteiger partial charge in [0, 0.05) is 12.1 Å². The zero-order valence-corrected chi connectivity index (χ0v) is 13.1. The molecule has 2 saturated carbocycles. The summed E-state index contributed by atoms with van der Waals surface area (Å²) in [6.45, 7) is 2.31. The number of hydrogen-bond acceptors (Lipinski definition) is 3. The van der Waals surface area contributed by atoms with Gasteiger partial charge in [0.05, 0.1) is 12.5 Å². The average Bonchev–Trinajstić information content (AvgIpc) is 2.99. The van der Waals surface area contributed by atoms with Crippen molar-refractivity contribution in [2.75, 3.05) is 0 Å². The van der Waals surface area contributed by atoms with Gasteiger partial charge in [-0.3, -0.25) is 14.5 Å². The Morgan fingerprint density at radius 3 is 2.48 bits per heavy atom. The van der Waals surface area contributed by atoms with Crippen LogP contribution in [0.3, 0.4) is 0 Å². The van der Waals surface area contributed by atoms with Crippen LogP contribution in [0, 0.1) is 5.92 Å². The monoisotopic (exact) mass is 292 g/mol.